The average Bonchev–Trinajstić information content (AvgIpc) is 2.25. The van der Waals surface area contributed by atoms with Crippen molar-refractivity contribution in [3.05, 3.63) is 47.3 Å². The zero-order valence-corrected chi connectivity index (χ0v) is 9.95. The van der Waals surface area contributed by atoms with Crippen LogP contribution in [-0.4, -0.2) is 0 Å². The molecule has 0 aromatic rings. The standard InChI is InChI=1S/C12H16S2/c1-2-3-4-5-6-7-8-12-9-10-13-14-11-12/h2,7-11H,1,3-6H2. The van der Waals surface area contributed by atoms with E-state index in [2.05, 4.69) is 35.6 Å². The molecule has 0 N–H and O–H groups in total. The lowest BCUT2D eigenvalue weighted by atomic mass is 10.1. The highest BCUT2D eigenvalue weighted by Gasteiger charge is 1.92. The van der Waals surface area contributed by atoms with Gasteiger partial charge >= 0.3 is 0 Å². The predicted octanol–water partition coefficient (Wildman–Crippen LogP) is 5.08. The molecule has 0 aromatic carbocycles. The fourth-order valence-corrected chi connectivity index (χ4v) is 2.59. The van der Waals surface area contributed by atoms with Crippen molar-refractivity contribution in [3.8, 4) is 0 Å². The fourth-order valence-electron chi connectivity index (χ4n) is 1.13. The summed E-state index contributed by atoms with van der Waals surface area (Å²) in [4.78, 5) is 0. The molecule has 0 atom stereocenters. The van der Waals surface area contributed by atoms with Crippen LogP contribution in [0.15, 0.2) is 47.3 Å². The normalized spacial score (nSPS) is 15.9. The van der Waals surface area contributed by atoms with Gasteiger partial charge in [0, 0.05) is 0 Å². The lowest BCUT2D eigenvalue weighted by Crippen LogP contribution is -1.74. The molecule has 2 heteroatoms. The fraction of sp³-hybridized carbons (Fsp3) is 0.333. The van der Waals surface area contributed by atoms with E-state index in [0.29, 0.717) is 0 Å². The van der Waals surface area contributed by atoms with Crippen molar-refractivity contribution < 1.29 is 0 Å². The minimum absolute atomic E-state index is 1.14. The van der Waals surface area contributed by atoms with E-state index in [1.54, 1.807) is 21.6 Å². The van der Waals surface area contributed by atoms with E-state index in [1.165, 1.54) is 24.8 Å². The van der Waals surface area contributed by atoms with Crippen molar-refractivity contribution in [1.29, 1.82) is 0 Å². The van der Waals surface area contributed by atoms with Gasteiger partial charge in [0.2, 0.25) is 0 Å². The predicted molar refractivity (Wildman–Crippen MR) is 70.2 cm³/mol. The minimum Gasteiger partial charge on any atom is -0.103 e. The number of hydrogen-bond donors (Lipinski definition) is 0. The topological polar surface area (TPSA) is 0 Å². The molecule has 0 amide bonds. The Hall–Kier alpha value is -0.340. The summed E-state index contributed by atoms with van der Waals surface area (Å²) in [5.74, 6) is 0. The van der Waals surface area contributed by atoms with Gasteiger partial charge in [-0.3, -0.25) is 0 Å². The zero-order chi connectivity index (χ0) is 10.1. The summed E-state index contributed by atoms with van der Waals surface area (Å²) in [6.07, 6.45) is 13.5. The molecule has 0 saturated heterocycles. The van der Waals surface area contributed by atoms with E-state index in [0.717, 1.165) is 6.42 Å². The van der Waals surface area contributed by atoms with Gasteiger partial charge in [-0.05, 0) is 48.1 Å². The number of rotatable bonds is 6. The van der Waals surface area contributed by atoms with Gasteiger partial charge in [-0.25, -0.2) is 0 Å². The zero-order valence-electron chi connectivity index (χ0n) is 8.32. The van der Waals surface area contributed by atoms with Gasteiger partial charge in [0.15, 0.2) is 0 Å². The first-order chi connectivity index (χ1) is 6.93. The quantitative estimate of drug-likeness (QED) is 0.350. The molecule has 0 radical (unpaired) electrons. The van der Waals surface area contributed by atoms with Crippen LogP contribution in [0.2, 0.25) is 0 Å². The molecule has 1 heterocycles. The van der Waals surface area contributed by atoms with Crippen molar-refractivity contribution >= 4 is 21.6 Å². The Morgan fingerprint density at radius 1 is 1.21 bits per heavy atom. The second kappa shape index (κ2) is 8.01. The summed E-state index contributed by atoms with van der Waals surface area (Å²) in [6.45, 7) is 3.71. The van der Waals surface area contributed by atoms with Crippen molar-refractivity contribution in [3.63, 3.8) is 0 Å². The van der Waals surface area contributed by atoms with Gasteiger partial charge < -0.3 is 0 Å². The minimum atomic E-state index is 1.14. The SMILES string of the molecule is C=CCCCCC=CC1=CSSC=C1. The monoisotopic (exact) mass is 224 g/mol. The Morgan fingerprint density at radius 2 is 2.07 bits per heavy atom. The van der Waals surface area contributed by atoms with Crippen LogP contribution < -0.4 is 0 Å². The third-order valence-electron chi connectivity index (χ3n) is 1.90. The first kappa shape index (κ1) is 11.7. The van der Waals surface area contributed by atoms with Crippen LogP contribution in [-0.2, 0) is 0 Å². The van der Waals surface area contributed by atoms with Crippen LogP contribution in [0.25, 0.3) is 0 Å². The smallest absolute Gasteiger partial charge is 0.0106 e. The molecule has 0 aliphatic carbocycles. The van der Waals surface area contributed by atoms with Gasteiger partial charge in [0.1, 0.15) is 0 Å². The number of allylic oxidation sites excluding steroid dienone is 5. The van der Waals surface area contributed by atoms with Crippen LogP contribution in [0.3, 0.4) is 0 Å². The first-order valence-corrected chi connectivity index (χ1v) is 7.17. The highest BCUT2D eigenvalue weighted by molar-refractivity contribution is 8.79. The summed E-state index contributed by atoms with van der Waals surface area (Å²) in [6, 6.07) is 0. The van der Waals surface area contributed by atoms with Crippen molar-refractivity contribution in [1.82, 2.24) is 0 Å². The van der Waals surface area contributed by atoms with Crippen molar-refractivity contribution in [2.75, 3.05) is 0 Å². The third-order valence-corrected chi connectivity index (χ3v) is 3.58. The second-order valence-corrected chi connectivity index (χ2v) is 5.14. The molecule has 76 valence electrons. The van der Waals surface area contributed by atoms with Gasteiger partial charge in [0.05, 0.1) is 0 Å². The Balaban J connectivity index is 2.10. The molecule has 0 nitrogen and oxygen atoms in total. The van der Waals surface area contributed by atoms with Crippen molar-refractivity contribution in [2.24, 2.45) is 0 Å². The Morgan fingerprint density at radius 3 is 2.79 bits per heavy atom. The van der Waals surface area contributed by atoms with Gasteiger partial charge in [-0.15, -0.1) is 6.58 Å². The molecule has 0 aromatic heterocycles. The van der Waals surface area contributed by atoms with Crippen LogP contribution in [0, 0.1) is 0 Å². The summed E-state index contributed by atoms with van der Waals surface area (Å²) >= 11 is 0. The molecular weight excluding hydrogens is 208 g/mol. The van der Waals surface area contributed by atoms with Crippen LogP contribution in [0.5, 0.6) is 0 Å². The molecule has 0 saturated carbocycles. The summed E-state index contributed by atoms with van der Waals surface area (Å²) < 4.78 is 0. The molecule has 0 unspecified atom stereocenters. The maximum absolute atomic E-state index is 3.71. The molecule has 1 aliphatic heterocycles. The molecule has 0 bridgehead atoms. The summed E-state index contributed by atoms with van der Waals surface area (Å²) in [7, 11) is 3.54. The van der Waals surface area contributed by atoms with Crippen LogP contribution in [0.4, 0.5) is 0 Å². The van der Waals surface area contributed by atoms with E-state index in [1.807, 2.05) is 6.08 Å². The molecule has 0 spiro atoms. The van der Waals surface area contributed by atoms with E-state index in [4.69, 9.17) is 0 Å². The first-order valence-electron chi connectivity index (χ1n) is 4.90. The number of hydrogen-bond acceptors (Lipinski definition) is 2. The largest absolute Gasteiger partial charge is 0.103 e. The van der Waals surface area contributed by atoms with Crippen LogP contribution >= 0.6 is 21.6 Å². The molecular formula is C12H16S2. The van der Waals surface area contributed by atoms with Crippen LogP contribution in [0.1, 0.15) is 25.7 Å². The molecule has 1 rings (SSSR count). The van der Waals surface area contributed by atoms with Gasteiger partial charge in [-0.2, -0.15) is 0 Å². The highest BCUT2D eigenvalue weighted by atomic mass is 33.1. The molecule has 0 fully saturated rings. The summed E-state index contributed by atoms with van der Waals surface area (Å²) in [5.41, 5.74) is 1.32. The summed E-state index contributed by atoms with van der Waals surface area (Å²) in [5, 5.41) is 4.31. The Labute approximate surface area is 94.6 Å². The molecule has 14 heavy (non-hydrogen) atoms. The van der Waals surface area contributed by atoms with E-state index in [9.17, 15) is 0 Å². The van der Waals surface area contributed by atoms with E-state index in [-0.39, 0.29) is 0 Å². The molecule has 1 aliphatic rings. The van der Waals surface area contributed by atoms with Gasteiger partial charge in [0.25, 0.3) is 0 Å². The van der Waals surface area contributed by atoms with Gasteiger partial charge in [-0.1, -0.05) is 39.8 Å². The highest BCUT2D eigenvalue weighted by Crippen LogP contribution is 2.30. The van der Waals surface area contributed by atoms with E-state index >= 15 is 0 Å². The van der Waals surface area contributed by atoms with E-state index < -0.39 is 0 Å². The average molecular weight is 224 g/mol. The Kier molecular flexibility index (Phi) is 6.71. The lowest BCUT2D eigenvalue weighted by Gasteiger charge is -1.99. The second-order valence-electron chi connectivity index (χ2n) is 3.09. The lowest BCUT2D eigenvalue weighted by molar-refractivity contribution is 0.763. The third kappa shape index (κ3) is 5.40. The maximum Gasteiger partial charge on any atom is -0.0106 e. The Bertz CT molecular complexity index is 249. The number of unbranched alkanes of at least 4 members (excludes halogenated alkanes) is 3. The van der Waals surface area contributed by atoms with Crippen molar-refractivity contribution in [2.45, 2.75) is 25.7 Å². The maximum atomic E-state index is 3.71.